The second-order valence-corrected chi connectivity index (χ2v) is 5.38. The molecule has 0 saturated carbocycles. The molecule has 0 fully saturated rings. The van der Waals surface area contributed by atoms with E-state index in [4.69, 9.17) is 4.74 Å². The zero-order valence-corrected chi connectivity index (χ0v) is 11.3. The zero-order valence-electron chi connectivity index (χ0n) is 11.3. The van der Waals surface area contributed by atoms with Crippen LogP contribution >= 0.6 is 0 Å². The molecule has 1 aliphatic carbocycles. The van der Waals surface area contributed by atoms with Crippen molar-refractivity contribution in [1.29, 1.82) is 0 Å². The fourth-order valence-corrected chi connectivity index (χ4v) is 2.86. The molecule has 1 aliphatic rings. The molecule has 1 aromatic rings. The van der Waals surface area contributed by atoms with Gasteiger partial charge in [0.25, 0.3) is 0 Å². The maximum absolute atomic E-state index is 5.60. The second kappa shape index (κ2) is 4.69. The number of hydrogen-bond donors (Lipinski definition) is 1. The van der Waals surface area contributed by atoms with Gasteiger partial charge < -0.3 is 10.1 Å². The third-order valence-electron chi connectivity index (χ3n) is 3.60. The van der Waals surface area contributed by atoms with Crippen LogP contribution in [0.1, 0.15) is 51.3 Å². The molecule has 0 spiro atoms. The van der Waals surface area contributed by atoms with Crippen molar-refractivity contribution in [3.63, 3.8) is 0 Å². The minimum atomic E-state index is 0.271. The summed E-state index contributed by atoms with van der Waals surface area (Å²) >= 11 is 0. The minimum absolute atomic E-state index is 0.271. The van der Waals surface area contributed by atoms with Crippen molar-refractivity contribution in [3.8, 4) is 5.75 Å². The van der Waals surface area contributed by atoms with E-state index in [9.17, 15) is 0 Å². The molecular formula is C15H23NO. The molecule has 0 saturated heterocycles. The Morgan fingerprint density at radius 2 is 2.12 bits per heavy atom. The van der Waals surface area contributed by atoms with Crippen LogP contribution in [-0.2, 0) is 5.41 Å². The molecule has 1 N–H and O–H groups in total. The van der Waals surface area contributed by atoms with Gasteiger partial charge in [-0.3, -0.25) is 0 Å². The van der Waals surface area contributed by atoms with Gasteiger partial charge in [0, 0.05) is 6.04 Å². The van der Waals surface area contributed by atoms with Crippen molar-refractivity contribution in [1.82, 2.24) is 5.32 Å². The summed E-state index contributed by atoms with van der Waals surface area (Å²) in [6, 6.07) is 7.02. The Labute approximate surface area is 104 Å². The number of rotatable bonds is 4. The van der Waals surface area contributed by atoms with Crippen LogP contribution in [0.5, 0.6) is 5.75 Å². The number of ether oxygens (including phenoxy) is 1. The lowest BCUT2D eigenvalue weighted by Gasteiger charge is -2.19. The predicted octanol–water partition coefficient (Wildman–Crippen LogP) is 3.42. The highest BCUT2D eigenvalue weighted by molar-refractivity contribution is 5.45. The van der Waals surface area contributed by atoms with Gasteiger partial charge in [-0.25, -0.2) is 0 Å². The monoisotopic (exact) mass is 233 g/mol. The van der Waals surface area contributed by atoms with Crippen molar-refractivity contribution in [2.24, 2.45) is 0 Å². The molecule has 0 amide bonds. The normalized spacial score (nSPS) is 21.3. The first-order valence-corrected chi connectivity index (χ1v) is 6.59. The molecule has 0 heterocycles. The average Bonchev–Trinajstić information content (AvgIpc) is 2.52. The number of fused-ring (bicyclic) bond motifs is 1. The molecule has 1 atom stereocenters. The molecule has 1 aromatic carbocycles. The summed E-state index contributed by atoms with van der Waals surface area (Å²) in [5.41, 5.74) is 3.15. The van der Waals surface area contributed by atoms with E-state index in [-0.39, 0.29) is 5.41 Å². The first-order valence-electron chi connectivity index (χ1n) is 6.59. The fourth-order valence-electron chi connectivity index (χ4n) is 2.86. The van der Waals surface area contributed by atoms with Gasteiger partial charge in [0.2, 0.25) is 0 Å². The van der Waals surface area contributed by atoms with Crippen LogP contribution in [0, 0.1) is 0 Å². The molecule has 94 valence electrons. The molecule has 2 heteroatoms. The first-order chi connectivity index (χ1) is 8.08. The summed E-state index contributed by atoms with van der Waals surface area (Å²) in [4.78, 5) is 0. The van der Waals surface area contributed by atoms with Gasteiger partial charge in [-0.1, -0.05) is 26.8 Å². The van der Waals surface area contributed by atoms with Crippen molar-refractivity contribution in [3.05, 3.63) is 29.3 Å². The van der Waals surface area contributed by atoms with Crippen molar-refractivity contribution in [2.75, 3.05) is 13.2 Å². The van der Waals surface area contributed by atoms with E-state index in [0.29, 0.717) is 6.04 Å². The molecule has 0 bridgehead atoms. The van der Waals surface area contributed by atoms with Gasteiger partial charge in [0.05, 0.1) is 6.61 Å². The van der Waals surface area contributed by atoms with E-state index in [2.05, 4.69) is 44.3 Å². The van der Waals surface area contributed by atoms with E-state index in [1.807, 2.05) is 6.92 Å². The van der Waals surface area contributed by atoms with E-state index < -0.39 is 0 Å². The van der Waals surface area contributed by atoms with Crippen LogP contribution in [0.4, 0.5) is 0 Å². The Bertz CT molecular complexity index is 398. The minimum Gasteiger partial charge on any atom is -0.494 e. The first kappa shape index (κ1) is 12.4. The highest BCUT2D eigenvalue weighted by Crippen LogP contribution is 2.45. The quantitative estimate of drug-likeness (QED) is 0.860. The van der Waals surface area contributed by atoms with Crippen LogP contribution in [0.2, 0.25) is 0 Å². The summed E-state index contributed by atoms with van der Waals surface area (Å²) in [7, 11) is 0. The molecule has 17 heavy (non-hydrogen) atoms. The third kappa shape index (κ3) is 2.32. The SMILES string of the molecule is CCNC1CC(C)(C)c2ccc(OCC)cc21. The van der Waals surface area contributed by atoms with E-state index in [0.717, 1.165) is 18.9 Å². The summed E-state index contributed by atoms with van der Waals surface area (Å²) in [5, 5.41) is 3.57. The maximum atomic E-state index is 5.60. The Morgan fingerprint density at radius 3 is 2.76 bits per heavy atom. The highest BCUT2D eigenvalue weighted by Gasteiger charge is 2.36. The van der Waals surface area contributed by atoms with Gasteiger partial charge in [-0.15, -0.1) is 0 Å². The summed E-state index contributed by atoms with van der Waals surface area (Å²) in [6.07, 6.45) is 1.17. The Kier molecular flexibility index (Phi) is 3.43. The van der Waals surface area contributed by atoms with Crippen molar-refractivity contribution >= 4 is 0 Å². The van der Waals surface area contributed by atoms with Crippen molar-refractivity contribution < 1.29 is 4.74 Å². The Balaban J connectivity index is 2.36. The smallest absolute Gasteiger partial charge is 0.119 e. The van der Waals surface area contributed by atoms with E-state index in [1.165, 1.54) is 17.5 Å². The highest BCUT2D eigenvalue weighted by atomic mass is 16.5. The lowest BCUT2D eigenvalue weighted by Crippen LogP contribution is -2.20. The van der Waals surface area contributed by atoms with Gasteiger partial charge in [-0.2, -0.15) is 0 Å². The van der Waals surface area contributed by atoms with Gasteiger partial charge in [-0.05, 0) is 48.6 Å². The molecule has 0 aliphatic heterocycles. The van der Waals surface area contributed by atoms with Crippen LogP contribution in [-0.4, -0.2) is 13.2 Å². The molecule has 0 radical (unpaired) electrons. The van der Waals surface area contributed by atoms with Crippen LogP contribution in [0.25, 0.3) is 0 Å². The standard InChI is InChI=1S/C15H23NO/c1-5-16-14-10-15(3,4)13-8-7-11(17-6-2)9-12(13)14/h7-9,14,16H,5-6,10H2,1-4H3. The molecule has 2 nitrogen and oxygen atoms in total. The Hall–Kier alpha value is -1.02. The van der Waals surface area contributed by atoms with E-state index >= 15 is 0 Å². The van der Waals surface area contributed by atoms with Gasteiger partial charge in [0.15, 0.2) is 0 Å². The van der Waals surface area contributed by atoms with Crippen LogP contribution in [0.15, 0.2) is 18.2 Å². The van der Waals surface area contributed by atoms with Crippen LogP contribution in [0.3, 0.4) is 0 Å². The topological polar surface area (TPSA) is 21.3 Å². The lowest BCUT2D eigenvalue weighted by molar-refractivity contribution is 0.339. The fraction of sp³-hybridized carbons (Fsp3) is 0.600. The summed E-state index contributed by atoms with van der Waals surface area (Å²) < 4.78 is 5.60. The molecule has 1 unspecified atom stereocenters. The third-order valence-corrected chi connectivity index (χ3v) is 3.60. The number of benzene rings is 1. The zero-order chi connectivity index (χ0) is 12.5. The lowest BCUT2D eigenvalue weighted by atomic mass is 9.86. The van der Waals surface area contributed by atoms with Crippen molar-refractivity contribution in [2.45, 2.75) is 45.6 Å². The molecule has 2 rings (SSSR count). The largest absolute Gasteiger partial charge is 0.494 e. The summed E-state index contributed by atoms with van der Waals surface area (Å²) in [6.45, 7) is 10.6. The molecule has 0 aromatic heterocycles. The second-order valence-electron chi connectivity index (χ2n) is 5.38. The van der Waals surface area contributed by atoms with E-state index in [1.54, 1.807) is 0 Å². The summed E-state index contributed by atoms with van der Waals surface area (Å²) in [5.74, 6) is 0.992. The maximum Gasteiger partial charge on any atom is 0.119 e. The van der Waals surface area contributed by atoms with Crippen LogP contribution < -0.4 is 10.1 Å². The number of nitrogens with one attached hydrogen (secondary N) is 1. The van der Waals surface area contributed by atoms with Gasteiger partial charge >= 0.3 is 0 Å². The average molecular weight is 233 g/mol. The Morgan fingerprint density at radius 1 is 1.35 bits per heavy atom. The predicted molar refractivity (Wildman–Crippen MR) is 71.7 cm³/mol. The molecular weight excluding hydrogens is 210 g/mol. The number of hydrogen-bond acceptors (Lipinski definition) is 2. The van der Waals surface area contributed by atoms with Gasteiger partial charge in [0.1, 0.15) is 5.75 Å².